The summed E-state index contributed by atoms with van der Waals surface area (Å²) in [6.45, 7) is 2.81. The summed E-state index contributed by atoms with van der Waals surface area (Å²) in [4.78, 5) is 2.02. The second-order valence-corrected chi connectivity index (χ2v) is 6.10. The van der Waals surface area contributed by atoms with Crippen LogP contribution in [-0.2, 0) is 9.84 Å². The van der Waals surface area contributed by atoms with Gasteiger partial charge in [-0.25, -0.2) is 8.42 Å². The molecule has 0 aliphatic carbocycles. The van der Waals surface area contributed by atoms with Crippen LogP contribution in [0.25, 0.3) is 0 Å². The van der Waals surface area contributed by atoms with E-state index >= 15 is 0 Å². The Balaban J connectivity index is 3.21. The normalized spacial score (nSPS) is 11.7. The van der Waals surface area contributed by atoms with Gasteiger partial charge in [0.15, 0.2) is 15.7 Å². The first kappa shape index (κ1) is 12.3. The molecule has 0 saturated heterocycles. The molecule has 0 atom stereocenters. The molecule has 1 rings (SSSR count). The van der Waals surface area contributed by atoms with Crippen molar-refractivity contribution < 1.29 is 8.42 Å². The standard InChI is InChI=1S/C8H15N3O2S2/c1-4-5-11(2)8-6(15(3,12)13)7(9)10-14-8/h4-5H2,1-3H3,(H2,9,10). The molecule has 0 saturated carbocycles. The van der Waals surface area contributed by atoms with Crippen LogP contribution in [0.3, 0.4) is 0 Å². The Hall–Kier alpha value is -0.820. The highest BCUT2D eigenvalue weighted by molar-refractivity contribution is 7.91. The number of sulfone groups is 1. The molecule has 0 aliphatic rings. The van der Waals surface area contributed by atoms with Crippen LogP contribution in [0.5, 0.6) is 0 Å². The molecule has 0 amide bonds. The predicted octanol–water partition coefficient (Wildman–Crippen LogP) is 0.975. The zero-order chi connectivity index (χ0) is 11.6. The maximum atomic E-state index is 11.5. The van der Waals surface area contributed by atoms with Gasteiger partial charge in [0.25, 0.3) is 0 Å². The minimum atomic E-state index is -3.30. The fourth-order valence-electron chi connectivity index (χ4n) is 1.31. The summed E-state index contributed by atoms with van der Waals surface area (Å²) in [5, 5.41) is 0.622. The molecule has 0 fully saturated rings. The molecule has 5 nitrogen and oxygen atoms in total. The van der Waals surface area contributed by atoms with Gasteiger partial charge < -0.3 is 10.6 Å². The van der Waals surface area contributed by atoms with Gasteiger partial charge in [-0.2, -0.15) is 4.37 Å². The number of nitrogen functional groups attached to an aromatic ring is 1. The second kappa shape index (κ2) is 4.36. The topological polar surface area (TPSA) is 76.3 Å². The molecule has 0 unspecified atom stereocenters. The molecular weight excluding hydrogens is 234 g/mol. The summed E-state index contributed by atoms with van der Waals surface area (Å²) in [5.41, 5.74) is 5.55. The van der Waals surface area contributed by atoms with Gasteiger partial charge in [-0.1, -0.05) is 6.92 Å². The van der Waals surface area contributed by atoms with Crippen molar-refractivity contribution in [1.29, 1.82) is 0 Å². The third-order valence-electron chi connectivity index (χ3n) is 1.93. The van der Waals surface area contributed by atoms with E-state index in [1.807, 2.05) is 18.9 Å². The highest BCUT2D eigenvalue weighted by atomic mass is 32.2. The molecule has 1 aromatic heterocycles. The van der Waals surface area contributed by atoms with Crippen LogP contribution in [0.2, 0.25) is 0 Å². The molecule has 0 spiro atoms. The Morgan fingerprint density at radius 2 is 2.13 bits per heavy atom. The van der Waals surface area contributed by atoms with Crippen LogP contribution < -0.4 is 10.6 Å². The number of hydrogen-bond acceptors (Lipinski definition) is 6. The van der Waals surface area contributed by atoms with Gasteiger partial charge in [0.1, 0.15) is 9.90 Å². The summed E-state index contributed by atoms with van der Waals surface area (Å²) in [7, 11) is -1.46. The summed E-state index contributed by atoms with van der Waals surface area (Å²) < 4.78 is 26.9. The first-order chi connectivity index (χ1) is 6.88. The number of rotatable bonds is 4. The van der Waals surface area contributed by atoms with Crippen molar-refractivity contribution in [3.8, 4) is 0 Å². The number of nitrogens with zero attached hydrogens (tertiary/aromatic N) is 2. The Morgan fingerprint density at radius 3 is 2.60 bits per heavy atom. The van der Waals surface area contributed by atoms with E-state index in [2.05, 4.69) is 4.37 Å². The van der Waals surface area contributed by atoms with Crippen LogP contribution in [0.15, 0.2) is 4.90 Å². The predicted molar refractivity (Wildman–Crippen MR) is 63.2 cm³/mol. The number of nitrogens with two attached hydrogens (primary N) is 1. The lowest BCUT2D eigenvalue weighted by Crippen LogP contribution is -2.19. The van der Waals surface area contributed by atoms with E-state index < -0.39 is 9.84 Å². The Labute approximate surface area is 94.0 Å². The van der Waals surface area contributed by atoms with E-state index in [-0.39, 0.29) is 10.7 Å². The van der Waals surface area contributed by atoms with E-state index in [0.29, 0.717) is 5.00 Å². The summed E-state index contributed by atoms with van der Waals surface area (Å²) in [6, 6.07) is 0. The lowest BCUT2D eigenvalue weighted by atomic mass is 10.4. The second-order valence-electron chi connectivity index (χ2n) is 3.40. The van der Waals surface area contributed by atoms with E-state index in [0.717, 1.165) is 30.8 Å². The summed E-state index contributed by atoms with van der Waals surface area (Å²) >= 11 is 1.12. The van der Waals surface area contributed by atoms with Crippen molar-refractivity contribution in [2.24, 2.45) is 0 Å². The number of aromatic nitrogens is 1. The van der Waals surface area contributed by atoms with Crippen LogP contribution >= 0.6 is 11.5 Å². The fraction of sp³-hybridized carbons (Fsp3) is 0.625. The maximum Gasteiger partial charge on any atom is 0.182 e. The number of anilines is 2. The smallest absolute Gasteiger partial charge is 0.182 e. The summed E-state index contributed by atoms with van der Waals surface area (Å²) in [6.07, 6.45) is 2.09. The van der Waals surface area contributed by atoms with Crippen LogP contribution in [0, 0.1) is 0 Å². The van der Waals surface area contributed by atoms with E-state index in [1.165, 1.54) is 0 Å². The Bertz CT molecular complexity index is 439. The lowest BCUT2D eigenvalue weighted by Gasteiger charge is -2.16. The molecular formula is C8H15N3O2S2. The lowest BCUT2D eigenvalue weighted by molar-refractivity contribution is 0.602. The quantitative estimate of drug-likeness (QED) is 0.860. The molecule has 0 aliphatic heterocycles. The Morgan fingerprint density at radius 1 is 1.53 bits per heavy atom. The van der Waals surface area contributed by atoms with Gasteiger partial charge in [-0.3, -0.25) is 0 Å². The third kappa shape index (κ3) is 2.60. The average molecular weight is 249 g/mol. The van der Waals surface area contributed by atoms with Crippen molar-refractivity contribution in [3.05, 3.63) is 0 Å². The van der Waals surface area contributed by atoms with Crippen molar-refractivity contribution in [3.63, 3.8) is 0 Å². The SMILES string of the molecule is CCCN(C)c1snc(N)c1S(C)(=O)=O. The first-order valence-electron chi connectivity index (χ1n) is 4.54. The largest absolute Gasteiger partial charge is 0.382 e. The monoisotopic (exact) mass is 249 g/mol. The van der Waals surface area contributed by atoms with E-state index in [4.69, 9.17) is 5.73 Å². The van der Waals surface area contributed by atoms with Gasteiger partial charge >= 0.3 is 0 Å². The molecule has 2 N–H and O–H groups in total. The van der Waals surface area contributed by atoms with Crippen molar-refractivity contribution in [1.82, 2.24) is 4.37 Å². The van der Waals surface area contributed by atoms with Crippen molar-refractivity contribution >= 4 is 32.2 Å². The minimum Gasteiger partial charge on any atom is -0.382 e. The molecule has 0 aromatic carbocycles. The van der Waals surface area contributed by atoms with Crippen LogP contribution in [0.1, 0.15) is 13.3 Å². The van der Waals surface area contributed by atoms with Crippen LogP contribution in [0.4, 0.5) is 10.8 Å². The minimum absolute atomic E-state index is 0.0976. The van der Waals surface area contributed by atoms with Gasteiger partial charge in [-0.15, -0.1) is 0 Å². The highest BCUT2D eigenvalue weighted by Crippen LogP contribution is 2.33. The average Bonchev–Trinajstić information content (AvgIpc) is 2.46. The van der Waals surface area contributed by atoms with Crippen molar-refractivity contribution in [2.45, 2.75) is 18.2 Å². The molecule has 86 valence electrons. The van der Waals surface area contributed by atoms with Gasteiger partial charge in [0.2, 0.25) is 0 Å². The summed E-state index contributed by atoms with van der Waals surface area (Å²) in [5.74, 6) is 0.0976. The van der Waals surface area contributed by atoms with Gasteiger partial charge in [-0.05, 0) is 18.0 Å². The highest BCUT2D eigenvalue weighted by Gasteiger charge is 2.23. The fourth-order valence-corrected chi connectivity index (χ4v) is 3.53. The van der Waals surface area contributed by atoms with E-state index in [9.17, 15) is 8.42 Å². The number of hydrogen-bond donors (Lipinski definition) is 1. The molecule has 1 aromatic rings. The van der Waals surface area contributed by atoms with Gasteiger partial charge in [0, 0.05) is 19.8 Å². The molecule has 7 heteroatoms. The third-order valence-corrected chi connectivity index (χ3v) is 4.18. The molecule has 0 bridgehead atoms. The maximum absolute atomic E-state index is 11.5. The zero-order valence-corrected chi connectivity index (χ0v) is 10.7. The van der Waals surface area contributed by atoms with Crippen molar-refractivity contribution in [2.75, 3.05) is 30.5 Å². The molecule has 0 radical (unpaired) electrons. The van der Waals surface area contributed by atoms with E-state index in [1.54, 1.807) is 0 Å². The molecule has 15 heavy (non-hydrogen) atoms. The Kier molecular flexibility index (Phi) is 3.56. The first-order valence-corrected chi connectivity index (χ1v) is 7.20. The molecule has 1 heterocycles. The zero-order valence-electron chi connectivity index (χ0n) is 9.02. The van der Waals surface area contributed by atoms with Crippen LogP contribution in [-0.4, -0.2) is 32.6 Å². The van der Waals surface area contributed by atoms with Gasteiger partial charge in [0.05, 0.1) is 0 Å².